The molecular weight excluding hydrogens is 269 g/mol. The van der Waals surface area contributed by atoms with Crippen LogP contribution in [0.15, 0.2) is 35.5 Å². The molecular formula is C13H7ClFN3O. The summed E-state index contributed by atoms with van der Waals surface area (Å²) in [5.74, 6) is -0.777. The molecule has 0 fully saturated rings. The number of benzene rings is 1. The van der Waals surface area contributed by atoms with Gasteiger partial charge < -0.3 is 5.11 Å². The number of hydrogen-bond donors (Lipinski definition) is 1. The fourth-order valence-electron chi connectivity index (χ4n) is 1.36. The predicted molar refractivity (Wildman–Crippen MR) is 69.3 cm³/mol. The van der Waals surface area contributed by atoms with Crippen LogP contribution in [0.4, 0.5) is 10.1 Å². The third kappa shape index (κ3) is 2.87. The molecule has 1 aromatic heterocycles. The van der Waals surface area contributed by atoms with E-state index in [1.807, 2.05) is 0 Å². The first-order valence-corrected chi connectivity index (χ1v) is 5.57. The van der Waals surface area contributed by atoms with E-state index >= 15 is 0 Å². The Labute approximate surface area is 113 Å². The number of hydrogen-bond acceptors (Lipinski definition) is 4. The van der Waals surface area contributed by atoms with Crippen molar-refractivity contribution in [3.63, 3.8) is 0 Å². The van der Waals surface area contributed by atoms with Crippen molar-refractivity contribution in [2.75, 3.05) is 0 Å². The van der Waals surface area contributed by atoms with Crippen molar-refractivity contribution in [1.29, 1.82) is 5.26 Å². The summed E-state index contributed by atoms with van der Waals surface area (Å²) in [6, 6.07) is 7.26. The number of pyridine rings is 1. The topological polar surface area (TPSA) is 69.3 Å². The largest absolute Gasteiger partial charge is 0.504 e. The number of halogens is 2. The highest BCUT2D eigenvalue weighted by Crippen LogP contribution is 2.23. The molecule has 94 valence electrons. The summed E-state index contributed by atoms with van der Waals surface area (Å²) in [5, 5.41) is 18.4. The van der Waals surface area contributed by atoms with Crippen molar-refractivity contribution in [1.82, 2.24) is 4.98 Å². The van der Waals surface area contributed by atoms with Gasteiger partial charge in [0.25, 0.3) is 0 Å². The second kappa shape index (κ2) is 5.46. The highest BCUT2D eigenvalue weighted by Gasteiger charge is 2.05. The zero-order valence-electron chi connectivity index (χ0n) is 9.51. The van der Waals surface area contributed by atoms with Gasteiger partial charge in [-0.15, -0.1) is 0 Å². The molecule has 1 N–H and O–H groups in total. The fraction of sp³-hybridized carbons (Fsp3) is 0. The summed E-state index contributed by atoms with van der Waals surface area (Å²) >= 11 is 5.62. The second-order valence-corrected chi connectivity index (χ2v) is 3.97. The van der Waals surface area contributed by atoms with Crippen LogP contribution in [0.1, 0.15) is 11.3 Å². The van der Waals surface area contributed by atoms with Gasteiger partial charge in [0.15, 0.2) is 11.4 Å². The van der Waals surface area contributed by atoms with Crippen molar-refractivity contribution in [3.05, 3.63) is 52.6 Å². The van der Waals surface area contributed by atoms with Gasteiger partial charge in [0.05, 0.1) is 10.7 Å². The molecule has 1 aromatic carbocycles. The summed E-state index contributed by atoms with van der Waals surface area (Å²) < 4.78 is 13.0. The lowest BCUT2D eigenvalue weighted by atomic mass is 10.2. The molecule has 2 aromatic rings. The molecule has 0 spiro atoms. The van der Waals surface area contributed by atoms with Crippen LogP contribution in [-0.4, -0.2) is 16.3 Å². The van der Waals surface area contributed by atoms with Gasteiger partial charge in [0.2, 0.25) is 0 Å². The Morgan fingerprint density at radius 2 is 2.21 bits per heavy atom. The van der Waals surface area contributed by atoms with Gasteiger partial charge in [-0.25, -0.2) is 9.37 Å². The Kier molecular flexibility index (Phi) is 3.74. The fourth-order valence-corrected chi connectivity index (χ4v) is 1.54. The van der Waals surface area contributed by atoms with E-state index in [1.165, 1.54) is 36.7 Å². The number of nitrogens with zero attached hydrogens (tertiary/aromatic N) is 3. The Hall–Kier alpha value is -2.45. The van der Waals surface area contributed by atoms with Crippen LogP contribution >= 0.6 is 11.6 Å². The van der Waals surface area contributed by atoms with Crippen molar-refractivity contribution >= 4 is 23.5 Å². The molecule has 0 radical (unpaired) electrons. The average Bonchev–Trinajstić information content (AvgIpc) is 2.41. The van der Waals surface area contributed by atoms with E-state index in [4.69, 9.17) is 16.9 Å². The zero-order chi connectivity index (χ0) is 13.8. The molecule has 0 unspecified atom stereocenters. The molecule has 0 atom stereocenters. The van der Waals surface area contributed by atoms with Gasteiger partial charge in [-0.1, -0.05) is 11.6 Å². The molecule has 6 heteroatoms. The summed E-state index contributed by atoms with van der Waals surface area (Å²) in [4.78, 5) is 7.74. The van der Waals surface area contributed by atoms with Crippen LogP contribution < -0.4 is 0 Å². The smallest absolute Gasteiger partial charge is 0.183 e. The van der Waals surface area contributed by atoms with E-state index in [-0.39, 0.29) is 16.5 Å². The quantitative estimate of drug-likeness (QED) is 0.856. The van der Waals surface area contributed by atoms with Gasteiger partial charge in [-0.05, 0) is 24.3 Å². The first-order valence-electron chi connectivity index (χ1n) is 5.19. The maximum absolute atomic E-state index is 13.0. The van der Waals surface area contributed by atoms with Crippen LogP contribution in [0, 0.1) is 17.1 Å². The van der Waals surface area contributed by atoms with Crippen molar-refractivity contribution in [2.24, 2.45) is 4.99 Å². The molecule has 0 bridgehead atoms. The molecule has 0 amide bonds. The lowest BCUT2D eigenvalue weighted by molar-refractivity contribution is 0.469. The summed E-state index contributed by atoms with van der Waals surface area (Å²) in [6.45, 7) is 0. The monoisotopic (exact) mass is 275 g/mol. The molecule has 0 aliphatic heterocycles. The van der Waals surface area contributed by atoms with E-state index in [1.54, 1.807) is 6.07 Å². The lowest BCUT2D eigenvalue weighted by Gasteiger charge is -2.00. The molecule has 1 heterocycles. The van der Waals surface area contributed by atoms with Gasteiger partial charge >= 0.3 is 0 Å². The zero-order valence-corrected chi connectivity index (χ0v) is 10.3. The van der Waals surface area contributed by atoms with E-state index < -0.39 is 5.82 Å². The van der Waals surface area contributed by atoms with Gasteiger partial charge in [0.1, 0.15) is 11.9 Å². The third-order valence-corrected chi connectivity index (χ3v) is 2.61. The molecule has 0 aliphatic carbocycles. The second-order valence-electron chi connectivity index (χ2n) is 3.57. The lowest BCUT2D eigenvalue weighted by Crippen LogP contribution is -1.89. The Morgan fingerprint density at radius 1 is 1.42 bits per heavy atom. The number of aliphatic imine (C=N–C) groups is 1. The van der Waals surface area contributed by atoms with Gasteiger partial charge in [0, 0.05) is 18.0 Å². The number of rotatable bonds is 2. The van der Waals surface area contributed by atoms with E-state index in [9.17, 15) is 9.50 Å². The highest BCUT2D eigenvalue weighted by molar-refractivity contribution is 6.31. The van der Waals surface area contributed by atoms with Gasteiger partial charge in [-0.2, -0.15) is 5.26 Å². The number of aromatic nitrogens is 1. The van der Waals surface area contributed by atoms with Crippen LogP contribution in [0.5, 0.6) is 5.75 Å². The maximum Gasteiger partial charge on any atom is 0.183 e. The first kappa shape index (κ1) is 13.0. The molecule has 2 rings (SSSR count). The SMILES string of the molecule is N#Cc1nccc(/C=N/c2ccc(F)c(Cl)c2)c1O. The van der Waals surface area contributed by atoms with Crippen molar-refractivity contribution < 1.29 is 9.50 Å². The van der Waals surface area contributed by atoms with Gasteiger partial charge in [-0.3, -0.25) is 4.99 Å². The Bertz CT molecular complexity index is 695. The summed E-state index contributed by atoms with van der Waals surface area (Å²) in [7, 11) is 0. The molecule has 4 nitrogen and oxygen atoms in total. The molecule has 0 saturated carbocycles. The van der Waals surface area contributed by atoms with Crippen LogP contribution in [0.2, 0.25) is 5.02 Å². The third-order valence-electron chi connectivity index (χ3n) is 2.32. The van der Waals surface area contributed by atoms with E-state index in [2.05, 4.69) is 9.98 Å². The van der Waals surface area contributed by atoms with Crippen molar-refractivity contribution in [3.8, 4) is 11.8 Å². The summed E-state index contributed by atoms with van der Waals surface area (Å²) in [6.07, 6.45) is 2.73. The predicted octanol–water partition coefficient (Wildman–Crippen LogP) is 3.20. The first-order chi connectivity index (χ1) is 9.11. The average molecular weight is 276 g/mol. The summed E-state index contributed by atoms with van der Waals surface area (Å²) in [5.41, 5.74) is 0.689. The van der Waals surface area contributed by atoms with Crippen LogP contribution in [0.3, 0.4) is 0 Å². The number of aromatic hydroxyl groups is 1. The van der Waals surface area contributed by atoms with Crippen LogP contribution in [0.25, 0.3) is 0 Å². The minimum absolute atomic E-state index is 0.0358. The van der Waals surface area contributed by atoms with E-state index in [0.29, 0.717) is 11.3 Å². The maximum atomic E-state index is 13.0. The highest BCUT2D eigenvalue weighted by atomic mass is 35.5. The minimum atomic E-state index is -0.529. The number of nitriles is 1. The normalized spacial score (nSPS) is 10.6. The Balaban J connectivity index is 2.33. The Morgan fingerprint density at radius 3 is 2.89 bits per heavy atom. The molecule has 19 heavy (non-hydrogen) atoms. The minimum Gasteiger partial charge on any atom is -0.504 e. The standard InChI is InChI=1S/C13H7ClFN3O/c14-10-5-9(1-2-11(10)15)18-7-8-3-4-17-12(6-16)13(8)19/h1-5,7,19H/b18-7+. The van der Waals surface area contributed by atoms with Crippen molar-refractivity contribution in [2.45, 2.75) is 0 Å². The van der Waals surface area contributed by atoms with Crippen LogP contribution in [-0.2, 0) is 0 Å². The molecule has 0 saturated heterocycles. The van der Waals surface area contributed by atoms with E-state index in [0.717, 1.165) is 0 Å². The molecule has 0 aliphatic rings.